The van der Waals surface area contributed by atoms with E-state index in [1.54, 1.807) is 27.7 Å². The van der Waals surface area contributed by atoms with Gasteiger partial charge in [-0.15, -0.1) is 0 Å². The van der Waals surface area contributed by atoms with E-state index in [1.807, 2.05) is 39.3 Å². The van der Waals surface area contributed by atoms with Gasteiger partial charge in [0.2, 0.25) is 16.6 Å². The third kappa shape index (κ3) is 11.8. The van der Waals surface area contributed by atoms with E-state index >= 15 is 0 Å². The third-order valence-corrected chi connectivity index (χ3v) is 9.89. The fourth-order valence-corrected chi connectivity index (χ4v) is 6.16. The average Bonchev–Trinajstić information content (AvgIpc) is 2.85. The summed E-state index contributed by atoms with van der Waals surface area (Å²) < 4.78 is 11.8. The van der Waals surface area contributed by atoms with E-state index in [0.717, 1.165) is 0 Å². The predicted octanol–water partition coefficient (Wildman–Crippen LogP) is 7.58. The molecule has 0 aliphatic heterocycles. The van der Waals surface area contributed by atoms with Gasteiger partial charge >= 0.3 is 0 Å². The summed E-state index contributed by atoms with van der Waals surface area (Å²) in [5, 5.41) is 0. The maximum atomic E-state index is 13.1. The number of allylic oxidation sites excluding steroid dienone is 2. The predicted molar refractivity (Wildman–Crippen MR) is 180 cm³/mol. The molecule has 0 saturated heterocycles. The lowest BCUT2D eigenvalue weighted by Crippen LogP contribution is -2.38. The largest absolute Gasteiger partial charge is 0.547 e. The monoisotopic (exact) mass is 650 g/mol. The molecule has 0 aromatic carbocycles. The zero-order valence-corrected chi connectivity index (χ0v) is 31.9. The molecule has 44 heavy (non-hydrogen) atoms. The Kier molecular flexibility index (Phi) is 13.9. The maximum absolute atomic E-state index is 13.1. The minimum atomic E-state index is -1.97. The SMILES string of the molecule is C=C(O[Si](C)(C)C)C(C)(C)C(=O)CCC(=O)C(C)(C)C(=O)CCC(=O)C(C)(C)C(=O)CCC(=O)C(C)(C)C(=C)O[Si](C)(C)C. The summed E-state index contributed by atoms with van der Waals surface area (Å²) in [4.78, 5) is 78.1. The van der Waals surface area contributed by atoms with Crippen LogP contribution in [0.3, 0.4) is 0 Å². The van der Waals surface area contributed by atoms with Crippen molar-refractivity contribution in [3.05, 3.63) is 24.7 Å². The van der Waals surface area contributed by atoms with Crippen LogP contribution < -0.4 is 0 Å². The van der Waals surface area contributed by atoms with Crippen LogP contribution in [0.15, 0.2) is 24.7 Å². The molecule has 0 aliphatic carbocycles. The topological polar surface area (TPSA) is 121 Å². The van der Waals surface area contributed by atoms with E-state index in [4.69, 9.17) is 8.85 Å². The van der Waals surface area contributed by atoms with Gasteiger partial charge in [0.05, 0.1) is 33.2 Å². The van der Waals surface area contributed by atoms with Gasteiger partial charge < -0.3 is 8.85 Å². The summed E-state index contributed by atoms with van der Waals surface area (Å²) in [7, 11) is -3.94. The molecular weight excluding hydrogens is 593 g/mol. The standard InChI is InChI=1S/C34H58O8Si2/c1-23(41-43(11,12)13)31(3,4)25(35)17-19-27(37)33(7,8)29(39)21-22-30(40)34(9,10)28(38)20-18-26(36)32(5,6)24(2)42-44(14,15)16/h1-2,17-22H2,3-16H3. The quantitative estimate of drug-likeness (QED) is 0.0708. The number of carbonyl (C=O) groups excluding carboxylic acids is 6. The van der Waals surface area contributed by atoms with E-state index in [9.17, 15) is 28.8 Å². The summed E-state index contributed by atoms with van der Waals surface area (Å²) in [5.41, 5.74) is -4.75. The normalized spacial score (nSPS) is 13.1. The highest BCUT2D eigenvalue weighted by atomic mass is 28.4. The smallest absolute Gasteiger partial charge is 0.241 e. The minimum Gasteiger partial charge on any atom is -0.547 e. The number of ketones is 6. The number of hydrogen-bond donors (Lipinski definition) is 0. The molecule has 8 nitrogen and oxygen atoms in total. The van der Waals surface area contributed by atoms with Gasteiger partial charge in [-0.1, -0.05) is 13.2 Å². The van der Waals surface area contributed by atoms with E-state index in [1.165, 1.54) is 27.7 Å². The summed E-state index contributed by atoms with van der Waals surface area (Å²) in [6.45, 7) is 32.6. The summed E-state index contributed by atoms with van der Waals surface area (Å²) in [6, 6.07) is 0. The second kappa shape index (κ2) is 14.8. The first kappa shape index (κ1) is 41.5. The first-order valence-corrected chi connectivity index (χ1v) is 22.2. The number of hydrogen-bond acceptors (Lipinski definition) is 8. The zero-order chi connectivity index (χ0) is 35.3. The van der Waals surface area contributed by atoms with Gasteiger partial charge in [-0.3, -0.25) is 28.8 Å². The molecule has 0 aliphatic rings. The van der Waals surface area contributed by atoms with Crippen molar-refractivity contribution in [2.45, 2.75) is 133 Å². The van der Waals surface area contributed by atoms with Crippen LogP contribution in [-0.4, -0.2) is 51.3 Å². The van der Waals surface area contributed by atoms with Crippen molar-refractivity contribution in [2.24, 2.45) is 21.7 Å². The maximum Gasteiger partial charge on any atom is 0.241 e. The van der Waals surface area contributed by atoms with Crippen LogP contribution >= 0.6 is 0 Å². The Bertz CT molecular complexity index is 1080. The lowest BCUT2D eigenvalue weighted by atomic mass is 9.75. The minimum absolute atomic E-state index is 0.0653. The van der Waals surface area contributed by atoms with Crippen molar-refractivity contribution in [3.8, 4) is 0 Å². The molecule has 0 unspecified atom stereocenters. The van der Waals surface area contributed by atoms with Gasteiger partial charge in [0.15, 0.2) is 0 Å². The molecule has 0 fully saturated rings. The highest BCUT2D eigenvalue weighted by Gasteiger charge is 2.41. The van der Waals surface area contributed by atoms with Crippen molar-refractivity contribution < 1.29 is 37.6 Å². The molecule has 0 N–H and O–H groups in total. The molecule has 0 spiro atoms. The van der Waals surface area contributed by atoms with Gasteiger partial charge in [-0.2, -0.15) is 0 Å². The Morgan fingerprint density at radius 3 is 0.727 bits per heavy atom. The third-order valence-electron chi connectivity index (χ3n) is 8.17. The highest BCUT2D eigenvalue weighted by Crippen LogP contribution is 2.34. The van der Waals surface area contributed by atoms with Crippen LogP contribution in [-0.2, 0) is 37.6 Å². The Balaban J connectivity index is 5.18. The molecule has 0 saturated carbocycles. The molecular formula is C34H58O8Si2. The van der Waals surface area contributed by atoms with Crippen molar-refractivity contribution in [1.29, 1.82) is 0 Å². The fraction of sp³-hybridized carbons (Fsp3) is 0.706. The molecule has 0 atom stereocenters. The Hall–Kier alpha value is -2.47. The highest BCUT2D eigenvalue weighted by molar-refractivity contribution is 6.70. The number of rotatable bonds is 21. The molecule has 0 heterocycles. The first-order chi connectivity index (χ1) is 19.4. The van der Waals surface area contributed by atoms with E-state index in [0.29, 0.717) is 11.5 Å². The number of Topliss-reactive ketones (excluding diaryl/α,β-unsaturated/α-hetero) is 6. The summed E-state index contributed by atoms with van der Waals surface area (Å²) >= 11 is 0. The van der Waals surface area contributed by atoms with Crippen LogP contribution in [0.5, 0.6) is 0 Å². The van der Waals surface area contributed by atoms with Crippen molar-refractivity contribution in [1.82, 2.24) is 0 Å². The van der Waals surface area contributed by atoms with Crippen LogP contribution in [0.2, 0.25) is 39.3 Å². The first-order valence-electron chi connectivity index (χ1n) is 15.4. The van der Waals surface area contributed by atoms with Crippen LogP contribution in [0.1, 0.15) is 93.9 Å². The molecule has 0 amide bonds. The van der Waals surface area contributed by atoms with Gasteiger partial charge in [0.1, 0.15) is 34.7 Å². The Labute approximate surface area is 268 Å². The average molecular weight is 651 g/mol. The Morgan fingerprint density at radius 2 is 0.568 bits per heavy atom. The van der Waals surface area contributed by atoms with Crippen LogP contribution in [0.25, 0.3) is 0 Å². The molecule has 10 heteroatoms. The van der Waals surface area contributed by atoms with Crippen molar-refractivity contribution >= 4 is 51.3 Å². The van der Waals surface area contributed by atoms with E-state index < -0.39 is 61.4 Å². The second-order valence-electron chi connectivity index (χ2n) is 15.8. The molecule has 0 bridgehead atoms. The van der Waals surface area contributed by atoms with Crippen molar-refractivity contribution in [3.63, 3.8) is 0 Å². The van der Waals surface area contributed by atoms with Gasteiger partial charge in [0, 0.05) is 38.5 Å². The van der Waals surface area contributed by atoms with E-state index in [-0.39, 0.29) is 50.1 Å². The molecule has 0 radical (unpaired) electrons. The summed E-state index contributed by atoms with van der Waals surface area (Å²) in [5.74, 6) is -1.33. The molecule has 250 valence electrons. The fourth-order valence-electron chi connectivity index (χ4n) is 4.17. The lowest BCUT2D eigenvalue weighted by Gasteiger charge is -2.31. The molecule has 0 aromatic heterocycles. The van der Waals surface area contributed by atoms with Gasteiger partial charge in [0.25, 0.3) is 0 Å². The second-order valence-corrected chi connectivity index (χ2v) is 24.7. The zero-order valence-electron chi connectivity index (χ0n) is 29.9. The van der Waals surface area contributed by atoms with Gasteiger partial charge in [-0.05, 0) is 94.7 Å². The number of carbonyl (C=O) groups is 6. The van der Waals surface area contributed by atoms with Crippen molar-refractivity contribution in [2.75, 3.05) is 0 Å². The van der Waals surface area contributed by atoms with Crippen LogP contribution in [0.4, 0.5) is 0 Å². The lowest BCUT2D eigenvalue weighted by molar-refractivity contribution is -0.143. The van der Waals surface area contributed by atoms with E-state index in [2.05, 4.69) is 13.2 Å². The molecule has 0 rings (SSSR count). The molecule has 0 aromatic rings. The van der Waals surface area contributed by atoms with Gasteiger partial charge in [-0.25, -0.2) is 0 Å². The summed E-state index contributed by atoms with van der Waals surface area (Å²) in [6.07, 6.45) is -0.810. The van der Waals surface area contributed by atoms with Crippen LogP contribution in [0, 0.1) is 21.7 Å². The Morgan fingerprint density at radius 1 is 0.409 bits per heavy atom.